The number of amides is 2. The van der Waals surface area contributed by atoms with Gasteiger partial charge in [0.2, 0.25) is 0 Å². The van der Waals surface area contributed by atoms with Gasteiger partial charge in [0.05, 0.1) is 5.41 Å². The molecule has 1 heterocycles. The molecular formula is C12H17N3O3S. The first-order valence-electron chi connectivity index (χ1n) is 6.15. The van der Waals surface area contributed by atoms with Gasteiger partial charge in [-0.15, -0.1) is 11.3 Å². The SMILES string of the molecule is Cc1cnc(NC(=O)NC2CCCC2(C)C(=O)O)s1. The first-order chi connectivity index (χ1) is 8.91. The van der Waals surface area contributed by atoms with Crippen molar-refractivity contribution in [2.24, 2.45) is 5.41 Å². The molecule has 1 aliphatic carbocycles. The molecule has 2 unspecified atom stereocenters. The molecule has 0 spiro atoms. The maximum absolute atomic E-state index is 11.8. The van der Waals surface area contributed by atoms with E-state index in [-0.39, 0.29) is 6.04 Å². The lowest BCUT2D eigenvalue weighted by molar-refractivity contribution is -0.148. The van der Waals surface area contributed by atoms with Crippen LogP contribution >= 0.6 is 11.3 Å². The van der Waals surface area contributed by atoms with Gasteiger partial charge in [0.15, 0.2) is 5.13 Å². The zero-order valence-corrected chi connectivity index (χ0v) is 11.7. The number of aromatic nitrogens is 1. The second-order valence-electron chi connectivity index (χ2n) is 5.04. The number of anilines is 1. The lowest BCUT2D eigenvalue weighted by atomic mass is 9.85. The molecule has 0 radical (unpaired) electrons. The molecule has 19 heavy (non-hydrogen) atoms. The van der Waals surface area contributed by atoms with Gasteiger partial charge in [-0.2, -0.15) is 0 Å². The van der Waals surface area contributed by atoms with Crippen LogP contribution < -0.4 is 10.6 Å². The number of carboxylic acid groups (broad SMARTS) is 1. The maximum Gasteiger partial charge on any atom is 0.321 e. The van der Waals surface area contributed by atoms with Gasteiger partial charge in [0, 0.05) is 17.1 Å². The number of carboxylic acids is 1. The average molecular weight is 283 g/mol. The predicted octanol–water partition coefficient (Wildman–Crippen LogP) is 2.22. The normalized spacial score (nSPS) is 26.1. The third-order valence-corrected chi connectivity index (χ3v) is 4.42. The highest BCUT2D eigenvalue weighted by Crippen LogP contribution is 2.38. The number of hydrogen-bond acceptors (Lipinski definition) is 4. The monoisotopic (exact) mass is 283 g/mol. The number of nitrogens with zero attached hydrogens (tertiary/aromatic N) is 1. The molecule has 2 atom stereocenters. The number of nitrogens with one attached hydrogen (secondary N) is 2. The summed E-state index contributed by atoms with van der Waals surface area (Å²) in [6.45, 7) is 3.58. The first kappa shape index (κ1) is 13.8. The molecule has 2 rings (SSSR count). The van der Waals surface area contributed by atoms with Crippen molar-refractivity contribution in [1.29, 1.82) is 0 Å². The van der Waals surface area contributed by atoms with Crippen molar-refractivity contribution in [2.45, 2.75) is 39.2 Å². The average Bonchev–Trinajstić information content (AvgIpc) is 2.87. The number of carbonyl (C=O) groups is 2. The second-order valence-corrected chi connectivity index (χ2v) is 6.28. The summed E-state index contributed by atoms with van der Waals surface area (Å²) >= 11 is 1.38. The Bertz CT molecular complexity index is 502. The Labute approximate surface area is 115 Å². The molecule has 1 fully saturated rings. The van der Waals surface area contributed by atoms with Gasteiger partial charge >= 0.3 is 12.0 Å². The summed E-state index contributed by atoms with van der Waals surface area (Å²) in [4.78, 5) is 28.2. The topological polar surface area (TPSA) is 91.3 Å². The van der Waals surface area contributed by atoms with E-state index in [9.17, 15) is 14.7 Å². The third-order valence-electron chi connectivity index (χ3n) is 3.59. The largest absolute Gasteiger partial charge is 0.481 e. The summed E-state index contributed by atoms with van der Waals surface area (Å²) in [5.41, 5.74) is -0.879. The van der Waals surface area contributed by atoms with Gasteiger partial charge in [0.25, 0.3) is 0 Å². The van der Waals surface area contributed by atoms with Crippen LogP contribution in [0.4, 0.5) is 9.93 Å². The molecule has 2 amide bonds. The highest BCUT2D eigenvalue weighted by molar-refractivity contribution is 7.15. The Hall–Kier alpha value is -1.63. The van der Waals surface area contributed by atoms with Crippen molar-refractivity contribution >= 4 is 28.5 Å². The van der Waals surface area contributed by atoms with E-state index in [1.807, 2.05) is 6.92 Å². The van der Waals surface area contributed by atoms with E-state index in [1.54, 1.807) is 13.1 Å². The first-order valence-corrected chi connectivity index (χ1v) is 6.97. The van der Waals surface area contributed by atoms with Gasteiger partial charge in [-0.25, -0.2) is 9.78 Å². The molecule has 0 aromatic carbocycles. The highest BCUT2D eigenvalue weighted by Gasteiger charge is 2.45. The number of thiazole rings is 1. The molecule has 1 saturated carbocycles. The molecule has 0 saturated heterocycles. The summed E-state index contributed by atoms with van der Waals surface area (Å²) in [6.07, 6.45) is 3.76. The van der Waals surface area contributed by atoms with E-state index in [0.717, 1.165) is 11.3 Å². The van der Waals surface area contributed by atoms with Crippen LogP contribution in [0.1, 0.15) is 31.1 Å². The molecule has 3 N–H and O–H groups in total. The van der Waals surface area contributed by atoms with Gasteiger partial charge in [-0.3, -0.25) is 10.1 Å². The van der Waals surface area contributed by atoms with Crippen LogP contribution in [0.25, 0.3) is 0 Å². The van der Waals surface area contributed by atoms with Gasteiger partial charge < -0.3 is 10.4 Å². The summed E-state index contributed by atoms with van der Waals surface area (Å²) < 4.78 is 0. The van der Waals surface area contributed by atoms with Crippen LogP contribution in [0.5, 0.6) is 0 Å². The van der Waals surface area contributed by atoms with Crippen molar-refractivity contribution in [3.05, 3.63) is 11.1 Å². The Morgan fingerprint density at radius 3 is 2.89 bits per heavy atom. The molecule has 0 bridgehead atoms. The quantitative estimate of drug-likeness (QED) is 0.793. The summed E-state index contributed by atoms with van der Waals surface area (Å²) in [6, 6.07) is -0.736. The minimum absolute atomic E-state index is 0.342. The second kappa shape index (κ2) is 5.16. The summed E-state index contributed by atoms with van der Waals surface area (Å²) in [5, 5.41) is 15.2. The molecule has 1 aromatic heterocycles. The zero-order chi connectivity index (χ0) is 14.0. The van der Waals surface area contributed by atoms with E-state index in [2.05, 4.69) is 15.6 Å². The van der Waals surface area contributed by atoms with Crippen molar-refractivity contribution in [1.82, 2.24) is 10.3 Å². The minimum atomic E-state index is -0.879. The zero-order valence-electron chi connectivity index (χ0n) is 10.9. The van der Waals surface area contributed by atoms with Crippen LogP contribution in [-0.2, 0) is 4.79 Å². The molecular weight excluding hydrogens is 266 g/mol. The maximum atomic E-state index is 11.8. The van der Waals surface area contributed by atoms with Gasteiger partial charge in [0.1, 0.15) is 0 Å². The van der Waals surface area contributed by atoms with Crippen LogP contribution in [0.2, 0.25) is 0 Å². The molecule has 1 aliphatic rings. The van der Waals surface area contributed by atoms with Crippen molar-refractivity contribution in [3.63, 3.8) is 0 Å². The van der Waals surface area contributed by atoms with Gasteiger partial charge in [-0.05, 0) is 26.7 Å². The number of urea groups is 1. The van der Waals surface area contributed by atoms with Crippen LogP contribution in [0.3, 0.4) is 0 Å². The summed E-state index contributed by atoms with van der Waals surface area (Å²) in [7, 11) is 0. The lowest BCUT2D eigenvalue weighted by Crippen LogP contribution is -2.48. The van der Waals surface area contributed by atoms with Crippen molar-refractivity contribution < 1.29 is 14.7 Å². The fourth-order valence-corrected chi connectivity index (χ4v) is 3.02. The van der Waals surface area contributed by atoms with Gasteiger partial charge in [-0.1, -0.05) is 6.42 Å². The van der Waals surface area contributed by atoms with Crippen LogP contribution in [0, 0.1) is 12.3 Å². The molecule has 104 valence electrons. The van der Waals surface area contributed by atoms with E-state index in [0.29, 0.717) is 18.0 Å². The Morgan fingerprint density at radius 2 is 2.32 bits per heavy atom. The molecule has 1 aromatic rings. The lowest BCUT2D eigenvalue weighted by Gasteiger charge is -2.27. The Morgan fingerprint density at radius 1 is 1.58 bits per heavy atom. The standard InChI is InChI=1S/C12H17N3O3S/c1-7-6-13-11(19-7)15-10(18)14-8-4-3-5-12(8,2)9(16)17/h6,8H,3-5H2,1-2H3,(H,16,17)(H2,13,14,15,18). The molecule has 6 nitrogen and oxygen atoms in total. The van der Waals surface area contributed by atoms with Crippen molar-refractivity contribution in [3.8, 4) is 0 Å². The molecule has 7 heteroatoms. The number of aliphatic carboxylic acids is 1. The molecule has 0 aliphatic heterocycles. The predicted molar refractivity (Wildman–Crippen MR) is 72.4 cm³/mol. The number of aryl methyl sites for hydroxylation is 1. The number of carbonyl (C=O) groups excluding carboxylic acids is 1. The fraction of sp³-hybridized carbons (Fsp3) is 0.583. The van der Waals surface area contributed by atoms with Crippen LogP contribution in [0.15, 0.2) is 6.20 Å². The van der Waals surface area contributed by atoms with E-state index >= 15 is 0 Å². The minimum Gasteiger partial charge on any atom is -0.481 e. The third kappa shape index (κ3) is 2.86. The summed E-state index contributed by atoms with van der Waals surface area (Å²) in [5.74, 6) is -0.861. The van der Waals surface area contributed by atoms with E-state index in [1.165, 1.54) is 11.3 Å². The fourth-order valence-electron chi connectivity index (χ4n) is 2.36. The number of rotatable bonds is 3. The van der Waals surface area contributed by atoms with Crippen molar-refractivity contribution in [2.75, 3.05) is 5.32 Å². The van der Waals surface area contributed by atoms with E-state index < -0.39 is 17.4 Å². The Kier molecular flexibility index (Phi) is 3.75. The van der Waals surface area contributed by atoms with Crippen LogP contribution in [-0.4, -0.2) is 28.1 Å². The smallest absolute Gasteiger partial charge is 0.321 e. The van der Waals surface area contributed by atoms with E-state index in [4.69, 9.17) is 0 Å². The Balaban J connectivity index is 1.97. The highest BCUT2D eigenvalue weighted by atomic mass is 32.1. The number of hydrogen-bond donors (Lipinski definition) is 3.